The molecule has 4 fully saturated rings. The summed E-state index contributed by atoms with van der Waals surface area (Å²) in [5, 5.41) is 0. The number of H-pyrrole nitrogens is 2. The number of imidazole rings is 2. The van der Waals surface area contributed by atoms with Crippen molar-refractivity contribution in [1.82, 2.24) is 39.5 Å². The minimum absolute atomic E-state index is 0.0713. The molecule has 6 heterocycles. The minimum atomic E-state index is -0.261. The normalized spacial score (nSPS) is 20.9. The zero-order valence-corrected chi connectivity index (χ0v) is 36.7. The van der Waals surface area contributed by atoms with E-state index in [-0.39, 0.29) is 36.0 Å². The highest BCUT2D eigenvalue weighted by Crippen LogP contribution is 2.39. The van der Waals surface area contributed by atoms with Gasteiger partial charge in [-0.3, -0.25) is 19.4 Å². The Morgan fingerprint density at radius 2 is 0.844 bits per heavy atom. The Kier molecular flexibility index (Phi) is 11.3. The van der Waals surface area contributed by atoms with Crippen molar-refractivity contribution in [2.75, 3.05) is 39.3 Å². The van der Waals surface area contributed by atoms with E-state index in [2.05, 4.69) is 114 Å². The zero-order valence-electron chi connectivity index (χ0n) is 36.7. The van der Waals surface area contributed by atoms with Crippen molar-refractivity contribution < 1.29 is 9.59 Å². The summed E-state index contributed by atoms with van der Waals surface area (Å²) >= 11 is 0. The van der Waals surface area contributed by atoms with E-state index in [0.29, 0.717) is 0 Å². The fourth-order valence-corrected chi connectivity index (χ4v) is 11.2. The van der Waals surface area contributed by atoms with Crippen molar-refractivity contribution in [2.24, 2.45) is 0 Å². The van der Waals surface area contributed by atoms with Gasteiger partial charge in [-0.25, -0.2) is 9.97 Å². The summed E-state index contributed by atoms with van der Waals surface area (Å²) in [5.74, 6) is 2.13. The number of hydrogen-bond acceptors (Lipinski definition) is 6. The highest BCUT2D eigenvalue weighted by atomic mass is 16.2. The lowest BCUT2D eigenvalue weighted by Crippen LogP contribution is -2.44. The molecule has 11 rings (SSSR count). The molecule has 0 unspecified atom stereocenters. The van der Waals surface area contributed by atoms with Crippen molar-refractivity contribution in [3.63, 3.8) is 0 Å². The molecule has 10 nitrogen and oxygen atoms in total. The van der Waals surface area contributed by atoms with E-state index in [9.17, 15) is 9.59 Å². The SMILES string of the molecule is O=C([C@@H](c1ccccc1)N1CCCCC1)N1CCC[C@H]1c1nc2ccc(-c3ccc(-c4ccc5nc([C@@H]6CCCN6C(=O)[C@@H](c6ccccc6)N6CCCCC6)[nH]c5c4)cc3)cc2[nH]1. The molecule has 2 aromatic heterocycles. The number of piperidine rings is 2. The zero-order chi connectivity index (χ0) is 43.0. The van der Waals surface area contributed by atoms with Gasteiger partial charge in [0.05, 0.1) is 34.2 Å². The number of likely N-dealkylation sites (tertiary alicyclic amines) is 4. The van der Waals surface area contributed by atoms with Gasteiger partial charge in [-0.05, 0) is 135 Å². The molecule has 4 saturated heterocycles. The van der Waals surface area contributed by atoms with E-state index in [1.165, 1.54) is 12.8 Å². The molecule has 4 aliphatic rings. The molecule has 0 bridgehead atoms. The van der Waals surface area contributed by atoms with Crippen molar-refractivity contribution in [1.29, 1.82) is 0 Å². The summed E-state index contributed by atoms with van der Waals surface area (Å²) < 4.78 is 0. The third-order valence-corrected chi connectivity index (χ3v) is 14.5. The van der Waals surface area contributed by atoms with E-state index in [1.807, 2.05) is 36.4 Å². The first-order valence-corrected chi connectivity index (χ1v) is 23.8. The smallest absolute Gasteiger partial charge is 0.245 e. The molecular formula is C54H58N8O2. The molecular weight excluding hydrogens is 793 g/mol. The Bertz CT molecular complexity index is 2550. The van der Waals surface area contributed by atoms with Gasteiger partial charge in [-0.1, -0.05) is 110 Å². The molecule has 4 aliphatic heterocycles. The summed E-state index contributed by atoms with van der Waals surface area (Å²) in [5.41, 5.74) is 10.4. The van der Waals surface area contributed by atoms with Crippen molar-refractivity contribution >= 4 is 33.9 Å². The number of benzene rings is 5. The van der Waals surface area contributed by atoms with Crippen molar-refractivity contribution in [3.8, 4) is 22.3 Å². The Hall–Kier alpha value is -6.10. The van der Waals surface area contributed by atoms with Gasteiger partial charge in [0.25, 0.3) is 0 Å². The summed E-state index contributed by atoms with van der Waals surface area (Å²) in [4.78, 5) is 55.4. The van der Waals surface area contributed by atoms with Crippen LogP contribution in [0.25, 0.3) is 44.3 Å². The Morgan fingerprint density at radius 1 is 0.453 bits per heavy atom. The second-order valence-corrected chi connectivity index (χ2v) is 18.5. The topological polar surface area (TPSA) is 104 Å². The van der Waals surface area contributed by atoms with E-state index < -0.39 is 0 Å². The van der Waals surface area contributed by atoms with Crippen LogP contribution in [0.5, 0.6) is 0 Å². The number of nitrogens with one attached hydrogen (secondary N) is 2. The summed E-state index contributed by atoms with van der Waals surface area (Å²) in [6.45, 7) is 5.32. The van der Waals surface area contributed by atoms with Crippen LogP contribution in [-0.2, 0) is 9.59 Å². The number of carbonyl (C=O) groups is 2. The molecule has 0 spiro atoms. The lowest BCUT2D eigenvalue weighted by atomic mass is 10.00. The first-order chi connectivity index (χ1) is 31.6. The van der Waals surface area contributed by atoms with Gasteiger partial charge in [0.2, 0.25) is 11.8 Å². The largest absolute Gasteiger partial charge is 0.340 e. The van der Waals surface area contributed by atoms with Crippen molar-refractivity contribution in [3.05, 3.63) is 144 Å². The third kappa shape index (κ3) is 7.91. The maximum Gasteiger partial charge on any atom is 0.245 e. The maximum absolute atomic E-state index is 14.5. The lowest BCUT2D eigenvalue weighted by molar-refractivity contribution is -0.139. The molecule has 0 saturated carbocycles. The molecule has 4 atom stereocenters. The van der Waals surface area contributed by atoms with Crippen LogP contribution in [-0.4, -0.2) is 90.6 Å². The number of carbonyl (C=O) groups excluding carboxylic acids is 2. The van der Waals surface area contributed by atoms with Gasteiger partial charge in [-0.2, -0.15) is 0 Å². The molecule has 10 heteroatoms. The first-order valence-electron chi connectivity index (χ1n) is 23.8. The Morgan fingerprint density at radius 3 is 1.25 bits per heavy atom. The monoisotopic (exact) mass is 850 g/mol. The number of rotatable bonds is 10. The highest BCUT2D eigenvalue weighted by molar-refractivity contribution is 5.87. The predicted octanol–water partition coefficient (Wildman–Crippen LogP) is 10.6. The second-order valence-electron chi connectivity index (χ2n) is 18.5. The van der Waals surface area contributed by atoms with E-state index >= 15 is 0 Å². The van der Waals surface area contributed by atoms with Gasteiger partial charge in [-0.15, -0.1) is 0 Å². The molecule has 0 radical (unpaired) electrons. The van der Waals surface area contributed by atoms with Crippen LogP contribution < -0.4 is 0 Å². The summed E-state index contributed by atoms with van der Waals surface area (Å²) in [6.07, 6.45) is 10.7. The number of fused-ring (bicyclic) bond motifs is 2. The fraction of sp³-hybridized carbons (Fsp3) is 0.370. The Balaban J connectivity index is 0.800. The number of aromatic amines is 2. The van der Waals surface area contributed by atoms with Gasteiger partial charge >= 0.3 is 0 Å². The molecule has 326 valence electrons. The van der Waals surface area contributed by atoms with Gasteiger partial charge in [0.1, 0.15) is 23.7 Å². The van der Waals surface area contributed by atoms with Gasteiger partial charge < -0.3 is 19.8 Å². The van der Waals surface area contributed by atoms with Gasteiger partial charge in [0, 0.05) is 13.1 Å². The average molecular weight is 851 g/mol. The molecule has 0 aliphatic carbocycles. The maximum atomic E-state index is 14.5. The van der Waals surface area contributed by atoms with Crippen LogP contribution in [0.3, 0.4) is 0 Å². The van der Waals surface area contributed by atoms with Crippen LogP contribution in [0.1, 0.15) is 111 Å². The summed E-state index contributed by atoms with van der Waals surface area (Å²) in [6, 6.07) is 41.6. The quantitative estimate of drug-likeness (QED) is 0.142. The number of amides is 2. The van der Waals surface area contributed by atoms with Gasteiger partial charge in [0.15, 0.2) is 0 Å². The molecule has 2 N–H and O–H groups in total. The van der Waals surface area contributed by atoms with Crippen LogP contribution in [0.2, 0.25) is 0 Å². The Labute approximate surface area is 375 Å². The molecule has 64 heavy (non-hydrogen) atoms. The highest BCUT2D eigenvalue weighted by Gasteiger charge is 2.40. The van der Waals surface area contributed by atoms with Crippen LogP contribution >= 0.6 is 0 Å². The van der Waals surface area contributed by atoms with Crippen LogP contribution in [0.15, 0.2) is 121 Å². The fourth-order valence-electron chi connectivity index (χ4n) is 11.2. The number of nitrogens with zero attached hydrogens (tertiary/aromatic N) is 6. The predicted molar refractivity (Wildman–Crippen MR) is 253 cm³/mol. The van der Waals surface area contributed by atoms with E-state index in [4.69, 9.17) is 9.97 Å². The molecule has 5 aromatic carbocycles. The second kappa shape index (κ2) is 17.8. The number of aromatic nitrogens is 4. The average Bonchev–Trinajstić information content (AvgIpc) is 4.19. The third-order valence-electron chi connectivity index (χ3n) is 14.5. The van der Waals surface area contributed by atoms with Crippen LogP contribution in [0.4, 0.5) is 0 Å². The van der Waals surface area contributed by atoms with E-state index in [0.717, 1.165) is 158 Å². The van der Waals surface area contributed by atoms with Crippen LogP contribution in [0, 0.1) is 0 Å². The lowest BCUT2D eigenvalue weighted by Gasteiger charge is -2.37. The number of hydrogen-bond donors (Lipinski definition) is 2. The molecule has 7 aromatic rings. The first kappa shape index (κ1) is 40.7. The molecule has 2 amide bonds. The van der Waals surface area contributed by atoms with Crippen molar-refractivity contribution in [2.45, 2.75) is 88.4 Å². The summed E-state index contributed by atoms with van der Waals surface area (Å²) in [7, 11) is 0. The standard InChI is InChI=1S/C54H58N8O2/c63-53(49(39-15-5-1-6-16-39)59-29-9-3-10-30-59)61-33-13-19-47(61)51-55-43-27-25-41(35-45(43)57-51)37-21-23-38(24-22-37)42-26-28-44-46(36-42)58-52(56-44)48-20-14-34-62(48)54(64)50(40-17-7-2-8-18-40)60-31-11-4-12-32-60/h1-2,5-8,15-18,21-28,35-36,47-50H,3-4,9-14,19-20,29-34H2,(H,55,57)(H,56,58)/t47-,48-,49+,50+/m0/s1. The minimum Gasteiger partial charge on any atom is -0.340 e. The van der Waals surface area contributed by atoms with E-state index in [1.54, 1.807) is 0 Å².